The number of hydrogen-bond acceptors (Lipinski definition) is 1. The van der Waals surface area contributed by atoms with E-state index in [9.17, 15) is 0 Å². The Kier molecular flexibility index (Phi) is 5.83. The summed E-state index contributed by atoms with van der Waals surface area (Å²) in [5.74, 6) is 0. The van der Waals surface area contributed by atoms with Crippen LogP contribution in [-0.2, 0) is 10.8 Å². The molecule has 1 aliphatic carbocycles. The van der Waals surface area contributed by atoms with Gasteiger partial charge in [-0.1, -0.05) is 99.5 Å². The maximum atomic E-state index is 2.47. The molecule has 0 radical (unpaired) electrons. The van der Waals surface area contributed by atoms with Gasteiger partial charge >= 0.3 is 0 Å². The average molecular weight is 460 g/mol. The number of benzene rings is 4. The summed E-state index contributed by atoms with van der Waals surface area (Å²) in [4.78, 5) is 2.39. The molecule has 0 unspecified atom stereocenters. The van der Waals surface area contributed by atoms with Gasteiger partial charge in [0, 0.05) is 16.9 Å². The van der Waals surface area contributed by atoms with Gasteiger partial charge in [-0.15, -0.1) is 0 Å². The first-order valence-corrected chi connectivity index (χ1v) is 12.8. The molecule has 4 aromatic rings. The van der Waals surface area contributed by atoms with Crippen molar-refractivity contribution in [3.8, 4) is 11.1 Å². The lowest BCUT2D eigenvalue weighted by molar-refractivity contribution is 0.332. The van der Waals surface area contributed by atoms with E-state index in [0.29, 0.717) is 0 Å². The first kappa shape index (κ1) is 23.4. The van der Waals surface area contributed by atoms with Gasteiger partial charge < -0.3 is 4.90 Å². The Labute approximate surface area is 211 Å². The van der Waals surface area contributed by atoms with Crippen molar-refractivity contribution in [3.05, 3.63) is 113 Å². The number of aryl methyl sites for hydroxylation is 2. The molecule has 1 heteroatoms. The Bertz CT molecular complexity index is 1290. The first-order valence-electron chi connectivity index (χ1n) is 12.8. The number of hydrogen-bond donors (Lipinski definition) is 0. The lowest BCUT2D eigenvalue weighted by Crippen LogP contribution is -2.33. The standard InChI is InChI=1S/C34H37N/c1-24-11-16-27(17-12-24)35(28-18-13-25(2)14-19-28)32-10-8-7-9-29(32)26-15-20-30-31(23-26)34(5,6)22-21-33(30,3)4/h7-20,23H,21-22H2,1-6H3. The zero-order valence-corrected chi connectivity index (χ0v) is 22.0. The minimum Gasteiger partial charge on any atom is -0.310 e. The second-order valence-corrected chi connectivity index (χ2v) is 11.6. The number of rotatable bonds is 4. The lowest BCUT2D eigenvalue weighted by Gasteiger charge is -2.42. The molecule has 178 valence electrons. The Morgan fingerprint density at radius 3 is 1.66 bits per heavy atom. The molecule has 0 aliphatic heterocycles. The molecule has 5 rings (SSSR count). The third-order valence-corrected chi connectivity index (χ3v) is 7.89. The monoisotopic (exact) mass is 459 g/mol. The fourth-order valence-corrected chi connectivity index (χ4v) is 5.48. The van der Waals surface area contributed by atoms with Crippen LogP contribution in [0.25, 0.3) is 11.1 Å². The normalized spacial score (nSPS) is 15.9. The van der Waals surface area contributed by atoms with Crippen LogP contribution in [0.15, 0.2) is 91.0 Å². The summed E-state index contributed by atoms with van der Waals surface area (Å²) < 4.78 is 0. The van der Waals surface area contributed by atoms with E-state index in [-0.39, 0.29) is 10.8 Å². The fraction of sp³-hybridized carbons (Fsp3) is 0.294. The van der Waals surface area contributed by atoms with Crippen molar-refractivity contribution in [3.63, 3.8) is 0 Å². The largest absolute Gasteiger partial charge is 0.310 e. The predicted octanol–water partition coefficient (Wildman–Crippen LogP) is 9.79. The van der Waals surface area contributed by atoms with Gasteiger partial charge in [-0.25, -0.2) is 0 Å². The molecule has 35 heavy (non-hydrogen) atoms. The van der Waals surface area contributed by atoms with Gasteiger partial charge in [-0.3, -0.25) is 0 Å². The molecule has 0 saturated carbocycles. The molecule has 1 aliphatic rings. The Hall–Kier alpha value is -3.32. The SMILES string of the molecule is Cc1ccc(N(c2ccc(C)cc2)c2ccccc2-c2ccc3c(c2)C(C)(C)CCC3(C)C)cc1. The second-order valence-electron chi connectivity index (χ2n) is 11.6. The van der Waals surface area contributed by atoms with Crippen LogP contribution in [0.3, 0.4) is 0 Å². The molecule has 0 N–H and O–H groups in total. The highest BCUT2D eigenvalue weighted by atomic mass is 15.1. The van der Waals surface area contributed by atoms with Gasteiger partial charge in [0.25, 0.3) is 0 Å². The van der Waals surface area contributed by atoms with Crippen molar-refractivity contribution in [1.82, 2.24) is 0 Å². The molecule has 0 heterocycles. The highest BCUT2D eigenvalue weighted by molar-refractivity contribution is 5.88. The number of para-hydroxylation sites is 1. The molecular weight excluding hydrogens is 422 g/mol. The van der Waals surface area contributed by atoms with E-state index in [1.54, 1.807) is 0 Å². The summed E-state index contributed by atoms with van der Waals surface area (Å²) in [6.07, 6.45) is 2.45. The third kappa shape index (κ3) is 4.41. The molecule has 0 bridgehead atoms. The molecular formula is C34H37N. The Morgan fingerprint density at radius 1 is 0.571 bits per heavy atom. The Balaban J connectivity index is 1.70. The molecule has 4 aromatic carbocycles. The fourth-order valence-electron chi connectivity index (χ4n) is 5.48. The molecule has 1 nitrogen and oxygen atoms in total. The Morgan fingerprint density at radius 2 is 1.09 bits per heavy atom. The van der Waals surface area contributed by atoms with Gasteiger partial charge in [0.15, 0.2) is 0 Å². The molecule has 0 aromatic heterocycles. The van der Waals surface area contributed by atoms with Crippen LogP contribution in [0.2, 0.25) is 0 Å². The van der Waals surface area contributed by atoms with E-state index in [2.05, 4.69) is 137 Å². The smallest absolute Gasteiger partial charge is 0.0540 e. The molecule has 0 atom stereocenters. The van der Waals surface area contributed by atoms with E-state index < -0.39 is 0 Å². The summed E-state index contributed by atoms with van der Waals surface area (Å²) in [6, 6.07) is 33.7. The summed E-state index contributed by atoms with van der Waals surface area (Å²) in [5, 5.41) is 0. The quantitative estimate of drug-likeness (QED) is 0.293. The van der Waals surface area contributed by atoms with Crippen molar-refractivity contribution in [1.29, 1.82) is 0 Å². The van der Waals surface area contributed by atoms with E-state index in [1.165, 1.54) is 63.3 Å². The molecule has 0 fully saturated rings. The second kappa shape index (κ2) is 8.72. The van der Waals surface area contributed by atoms with Gasteiger partial charge in [0.2, 0.25) is 0 Å². The number of nitrogens with zero attached hydrogens (tertiary/aromatic N) is 1. The van der Waals surface area contributed by atoms with Crippen LogP contribution in [-0.4, -0.2) is 0 Å². The van der Waals surface area contributed by atoms with Gasteiger partial charge in [0.05, 0.1) is 5.69 Å². The van der Waals surface area contributed by atoms with Crippen LogP contribution in [0.5, 0.6) is 0 Å². The summed E-state index contributed by atoms with van der Waals surface area (Å²) in [6.45, 7) is 13.9. The van der Waals surface area contributed by atoms with Crippen LogP contribution >= 0.6 is 0 Å². The molecule has 0 amide bonds. The summed E-state index contributed by atoms with van der Waals surface area (Å²) >= 11 is 0. The zero-order chi connectivity index (χ0) is 24.8. The van der Waals surface area contributed by atoms with Crippen molar-refractivity contribution in [2.45, 2.75) is 65.2 Å². The summed E-state index contributed by atoms with van der Waals surface area (Å²) in [5.41, 5.74) is 12.0. The lowest BCUT2D eigenvalue weighted by atomic mass is 9.63. The van der Waals surface area contributed by atoms with Gasteiger partial charge in [0.1, 0.15) is 0 Å². The maximum absolute atomic E-state index is 2.47. The topological polar surface area (TPSA) is 3.24 Å². The van der Waals surface area contributed by atoms with Crippen molar-refractivity contribution < 1.29 is 0 Å². The van der Waals surface area contributed by atoms with Gasteiger partial charge in [-0.05, 0) is 84.5 Å². The average Bonchev–Trinajstić information content (AvgIpc) is 2.85. The molecule has 0 saturated heterocycles. The van der Waals surface area contributed by atoms with Crippen molar-refractivity contribution in [2.24, 2.45) is 0 Å². The van der Waals surface area contributed by atoms with Crippen LogP contribution in [0.1, 0.15) is 62.8 Å². The van der Waals surface area contributed by atoms with E-state index in [0.717, 1.165) is 0 Å². The van der Waals surface area contributed by atoms with Crippen molar-refractivity contribution in [2.75, 3.05) is 4.90 Å². The minimum absolute atomic E-state index is 0.184. The van der Waals surface area contributed by atoms with Crippen LogP contribution in [0, 0.1) is 13.8 Å². The third-order valence-electron chi connectivity index (χ3n) is 7.89. The first-order chi connectivity index (χ1) is 16.7. The van der Waals surface area contributed by atoms with Crippen molar-refractivity contribution >= 4 is 17.1 Å². The number of anilines is 3. The predicted molar refractivity (Wildman–Crippen MR) is 151 cm³/mol. The highest BCUT2D eigenvalue weighted by Gasteiger charge is 2.37. The molecule has 0 spiro atoms. The van der Waals surface area contributed by atoms with E-state index in [4.69, 9.17) is 0 Å². The summed E-state index contributed by atoms with van der Waals surface area (Å²) in [7, 11) is 0. The van der Waals surface area contributed by atoms with Gasteiger partial charge in [-0.2, -0.15) is 0 Å². The van der Waals surface area contributed by atoms with Crippen LogP contribution in [0.4, 0.5) is 17.1 Å². The highest BCUT2D eigenvalue weighted by Crippen LogP contribution is 2.48. The number of fused-ring (bicyclic) bond motifs is 1. The maximum Gasteiger partial charge on any atom is 0.0540 e. The van der Waals surface area contributed by atoms with Crippen LogP contribution < -0.4 is 4.90 Å². The van der Waals surface area contributed by atoms with E-state index in [1.807, 2.05) is 0 Å². The minimum atomic E-state index is 0.184. The zero-order valence-electron chi connectivity index (χ0n) is 22.0. The van der Waals surface area contributed by atoms with E-state index >= 15 is 0 Å².